The third-order valence-corrected chi connectivity index (χ3v) is 7.03. The average Bonchev–Trinajstić information content (AvgIpc) is 3.45. The molecule has 0 fully saturated rings. The maximum Gasteiger partial charge on any atom is 0.210 e. The van der Waals surface area contributed by atoms with Crippen LogP contribution in [0.3, 0.4) is 0 Å². The molecule has 6 rings (SSSR count). The van der Waals surface area contributed by atoms with Gasteiger partial charge in [0, 0.05) is 59.4 Å². The van der Waals surface area contributed by atoms with Crippen molar-refractivity contribution in [1.82, 2.24) is 18.8 Å². The van der Waals surface area contributed by atoms with Gasteiger partial charge in [-0.25, -0.2) is 0 Å². The van der Waals surface area contributed by atoms with E-state index in [0.29, 0.717) is 22.5 Å². The minimum Gasteiger partial charge on any atom is -0.313 e. The molecule has 0 saturated carbocycles. The van der Waals surface area contributed by atoms with E-state index in [-0.39, 0.29) is 11.6 Å². The lowest BCUT2D eigenvalue weighted by Gasteiger charge is -2.03. The van der Waals surface area contributed by atoms with Crippen molar-refractivity contribution in [1.29, 1.82) is 0 Å². The molecule has 0 atom stereocenters. The first-order chi connectivity index (χ1) is 19.6. The van der Waals surface area contributed by atoms with Crippen molar-refractivity contribution >= 4 is 35.0 Å². The molecule has 0 radical (unpaired) electrons. The molecule has 0 N–H and O–H groups in total. The van der Waals surface area contributed by atoms with E-state index in [0.717, 1.165) is 33.3 Å². The summed E-state index contributed by atoms with van der Waals surface area (Å²) >= 11 is 0. The van der Waals surface area contributed by atoms with Gasteiger partial charge in [-0.3, -0.25) is 19.6 Å². The SMILES string of the molecule is Cc1c(C=NN=Cc2c(C)c(C(=O)c3ccncc3)n3ccccc23)c2ccccn2c1C(=O)c1ccncc1. The average molecular weight is 525 g/mol. The monoisotopic (exact) mass is 524 g/mol. The molecule has 8 nitrogen and oxygen atoms in total. The van der Waals surface area contributed by atoms with Crippen molar-refractivity contribution in [2.75, 3.05) is 0 Å². The number of fused-ring (bicyclic) bond motifs is 2. The lowest BCUT2D eigenvalue weighted by Crippen LogP contribution is -2.06. The second kappa shape index (κ2) is 10.3. The molecule has 0 unspecified atom stereocenters. The number of aromatic nitrogens is 4. The summed E-state index contributed by atoms with van der Waals surface area (Å²) in [4.78, 5) is 34.8. The van der Waals surface area contributed by atoms with E-state index in [4.69, 9.17) is 0 Å². The highest BCUT2D eigenvalue weighted by molar-refractivity contribution is 6.13. The Morgan fingerprint density at radius 2 is 1.02 bits per heavy atom. The van der Waals surface area contributed by atoms with E-state index in [2.05, 4.69) is 20.2 Å². The van der Waals surface area contributed by atoms with Crippen molar-refractivity contribution < 1.29 is 9.59 Å². The summed E-state index contributed by atoms with van der Waals surface area (Å²) in [6.45, 7) is 3.82. The largest absolute Gasteiger partial charge is 0.313 e. The van der Waals surface area contributed by atoms with Crippen LogP contribution < -0.4 is 0 Å². The van der Waals surface area contributed by atoms with Crippen molar-refractivity contribution in [2.24, 2.45) is 10.2 Å². The fourth-order valence-corrected chi connectivity index (χ4v) is 5.06. The number of carbonyl (C=O) groups excluding carboxylic acids is 2. The van der Waals surface area contributed by atoms with Crippen LogP contribution in [0.1, 0.15) is 54.4 Å². The van der Waals surface area contributed by atoms with Crippen molar-refractivity contribution in [3.05, 3.63) is 143 Å². The summed E-state index contributed by atoms with van der Waals surface area (Å²) in [5.74, 6) is -0.182. The Bertz CT molecular complexity index is 1810. The lowest BCUT2D eigenvalue weighted by molar-refractivity contribution is 0.102. The van der Waals surface area contributed by atoms with E-state index >= 15 is 0 Å². The molecule has 0 bridgehead atoms. The van der Waals surface area contributed by atoms with Crippen molar-refractivity contribution in [3.8, 4) is 0 Å². The maximum absolute atomic E-state index is 13.4. The van der Waals surface area contributed by atoms with Gasteiger partial charge in [-0.2, -0.15) is 10.2 Å². The Hall–Kier alpha value is -5.50. The van der Waals surface area contributed by atoms with Crippen LogP contribution in [0, 0.1) is 13.8 Å². The van der Waals surface area contributed by atoms with Gasteiger partial charge in [-0.1, -0.05) is 12.1 Å². The molecule has 40 heavy (non-hydrogen) atoms. The molecule has 0 aliphatic rings. The van der Waals surface area contributed by atoms with Gasteiger partial charge in [-0.05, 0) is 73.5 Å². The third-order valence-electron chi connectivity index (χ3n) is 7.03. The fourth-order valence-electron chi connectivity index (χ4n) is 5.06. The molecule has 194 valence electrons. The maximum atomic E-state index is 13.4. The number of hydrogen-bond donors (Lipinski definition) is 0. The molecule has 0 saturated heterocycles. The number of pyridine rings is 4. The number of carbonyl (C=O) groups is 2. The Labute approximate surface area is 230 Å². The van der Waals surface area contributed by atoms with Crippen LogP contribution in [0.4, 0.5) is 0 Å². The van der Waals surface area contributed by atoms with Gasteiger partial charge in [0.05, 0.1) is 34.9 Å². The van der Waals surface area contributed by atoms with E-state index in [1.807, 2.05) is 71.4 Å². The number of nitrogens with zero attached hydrogens (tertiary/aromatic N) is 6. The normalized spacial score (nSPS) is 11.8. The summed E-state index contributed by atoms with van der Waals surface area (Å²) < 4.78 is 3.76. The Morgan fingerprint density at radius 3 is 1.43 bits per heavy atom. The topological polar surface area (TPSA) is 93.5 Å². The molecule has 0 aliphatic carbocycles. The molecule has 0 aliphatic heterocycles. The number of rotatable bonds is 7. The molecule has 6 aromatic heterocycles. The van der Waals surface area contributed by atoms with Gasteiger partial charge < -0.3 is 8.80 Å². The van der Waals surface area contributed by atoms with Crippen molar-refractivity contribution in [3.63, 3.8) is 0 Å². The quantitative estimate of drug-likeness (QED) is 0.156. The first-order valence-corrected chi connectivity index (χ1v) is 12.7. The summed E-state index contributed by atoms with van der Waals surface area (Å²) in [5.41, 5.74) is 7.21. The Balaban J connectivity index is 1.38. The van der Waals surface area contributed by atoms with Crippen molar-refractivity contribution in [2.45, 2.75) is 13.8 Å². The van der Waals surface area contributed by atoms with Gasteiger partial charge in [-0.15, -0.1) is 0 Å². The molecule has 6 heterocycles. The van der Waals surface area contributed by atoms with E-state index in [9.17, 15) is 9.59 Å². The van der Waals surface area contributed by atoms with Crippen LogP contribution in [0.25, 0.3) is 11.0 Å². The molecule has 0 spiro atoms. The molecule has 8 heteroatoms. The number of ketones is 2. The molecule has 0 amide bonds. The molecule has 0 aromatic carbocycles. The lowest BCUT2D eigenvalue weighted by atomic mass is 10.0. The molecular formula is C32H24N6O2. The highest BCUT2D eigenvalue weighted by Crippen LogP contribution is 2.26. The fraction of sp³-hybridized carbons (Fsp3) is 0.0625. The zero-order chi connectivity index (χ0) is 27.6. The van der Waals surface area contributed by atoms with Gasteiger partial charge in [0.25, 0.3) is 0 Å². The van der Waals surface area contributed by atoms with Gasteiger partial charge in [0.2, 0.25) is 11.6 Å². The molecular weight excluding hydrogens is 500 g/mol. The predicted molar refractivity (Wildman–Crippen MR) is 155 cm³/mol. The first kappa shape index (κ1) is 24.8. The predicted octanol–water partition coefficient (Wildman–Crippen LogP) is 5.51. The van der Waals surface area contributed by atoms with Crippen LogP contribution in [0.15, 0.2) is 108 Å². The number of hydrogen-bond acceptors (Lipinski definition) is 6. The summed E-state index contributed by atoms with van der Waals surface area (Å²) in [5, 5.41) is 8.72. The van der Waals surface area contributed by atoms with Crippen LogP contribution in [0.2, 0.25) is 0 Å². The van der Waals surface area contributed by atoms with E-state index in [1.54, 1.807) is 61.5 Å². The zero-order valence-corrected chi connectivity index (χ0v) is 21.9. The second-order valence-electron chi connectivity index (χ2n) is 9.31. The minimum absolute atomic E-state index is 0.0912. The van der Waals surface area contributed by atoms with Crippen LogP contribution in [-0.2, 0) is 0 Å². The Kier molecular flexibility index (Phi) is 6.41. The van der Waals surface area contributed by atoms with Gasteiger partial charge >= 0.3 is 0 Å². The third kappa shape index (κ3) is 4.21. The first-order valence-electron chi connectivity index (χ1n) is 12.7. The van der Waals surface area contributed by atoms with Crippen LogP contribution in [0.5, 0.6) is 0 Å². The van der Waals surface area contributed by atoms with Crippen LogP contribution in [-0.4, -0.2) is 42.8 Å². The standard InChI is InChI=1S/C32H24N6O2/c1-21-25(27-7-3-5-17-37(27)29(21)31(39)23-9-13-33-14-10-23)19-35-36-20-26-22(2)30(38-18-6-4-8-28(26)38)32(40)24-11-15-34-16-12-24/h3-20H,1-2H3. The van der Waals surface area contributed by atoms with Gasteiger partial charge in [0.1, 0.15) is 0 Å². The summed E-state index contributed by atoms with van der Waals surface area (Å²) in [6, 6.07) is 18.4. The second-order valence-corrected chi connectivity index (χ2v) is 9.31. The molecule has 6 aromatic rings. The minimum atomic E-state index is -0.0912. The van der Waals surface area contributed by atoms with Crippen LogP contribution >= 0.6 is 0 Å². The van der Waals surface area contributed by atoms with E-state index < -0.39 is 0 Å². The summed E-state index contributed by atoms with van der Waals surface area (Å²) in [6.07, 6.45) is 13.5. The highest BCUT2D eigenvalue weighted by atomic mass is 16.1. The summed E-state index contributed by atoms with van der Waals surface area (Å²) in [7, 11) is 0. The smallest absolute Gasteiger partial charge is 0.210 e. The van der Waals surface area contributed by atoms with Gasteiger partial charge in [0.15, 0.2) is 0 Å². The van der Waals surface area contributed by atoms with E-state index in [1.165, 1.54) is 0 Å². The highest BCUT2D eigenvalue weighted by Gasteiger charge is 2.22. The Morgan fingerprint density at radius 1 is 0.625 bits per heavy atom. The zero-order valence-electron chi connectivity index (χ0n) is 21.9.